The van der Waals surface area contributed by atoms with Crippen molar-refractivity contribution in [1.82, 2.24) is 4.98 Å². The highest BCUT2D eigenvalue weighted by Crippen LogP contribution is 2.36. The highest BCUT2D eigenvalue weighted by Gasteiger charge is 2.52. The van der Waals surface area contributed by atoms with E-state index in [0.717, 1.165) is 5.46 Å². The van der Waals surface area contributed by atoms with Crippen LogP contribution in [-0.4, -0.2) is 23.3 Å². The molecule has 1 aliphatic heterocycles. The lowest BCUT2D eigenvalue weighted by Gasteiger charge is -2.32. The third-order valence-electron chi connectivity index (χ3n) is 3.80. The zero-order valence-electron chi connectivity index (χ0n) is 11.5. The van der Waals surface area contributed by atoms with Crippen LogP contribution in [0.2, 0.25) is 5.15 Å². The minimum Gasteiger partial charge on any atom is -0.399 e. The third-order valence-corrected chi connectivity index (χ3v) is 4.13. The van der Waals surface area contributed by atoms with Gasteiger partial charge in [0, 0.05) is 11.8 Å². The van der Waals surface area contributed by atoms with Gasteiger partial charge in [0.05, 0.1) is 23.7 Å². The van der Waals surface area contributed by atoms with Crippen LogP contribution in [0.25, 0.3) is 0 Å². The number of halogens is 1. The fourth-order valence-electron chi connectivity index (χ4n) is 1.93. The minimum absolute atomic E-state index is 0.187. The summed E-state index contributed by atoms with van der Waals surface area (Å²) < 4.78 is 11.9. The quantitative estimate of drug-likeness (QED) is 0.614. The van der Waals surface area contributed by atoms with E-state index in [4.69, 9.17) is 26.2 Å². The Balaban J connectivity index is 2.40. The molecule has 0 spiro atoms. The van der Waals surface area contributed by atoms with Crippen LogP contribution in [0.1, 0.15) is 33.3 Å². The predicted molar refractivity (Wildman–Crippen MR) is 74.3 cm³/mol. The number of hydrogen-bond acceptors (Lipinski definition) is 4. The van der Waals surface area contributed by atoms with Crippen molar-refractivity contribution >= 4 is 24.2 Å². The first-order valence-electron chi connectivity index (χ1n) is 6.14. The standard InChI is InChI=1S/C13H16BClN2O2/c1-12(2)13(3,4)19-14(18-12)10-6-8-17-11(15)9(10)5-7-16/h6,8H,5H2,1-4H3. The summed E-state index contributed by atoms with van der Waals surface area (Å²) in [5.41, 5.74) is 0.611. The van der Waals surface area contributed by atoms with Gasteiger partial charge in [0.25, 0.3) is 0 Å². The summed E-state index contributed by atoms with van der Waals surface area (Å²) in [5, 5.41) is 9.23. The second-order valence-electron chi connectivity index (χ2n) is 5.59. The molecule has 6 heteroatoms. The van der Waals surface area contributed by atoms with E-state index in [0.29, 0.717) is 10.7 Å². The molecule has 0 aliphatic carbocycles. The molecule has 0 atom stereocenters. The van der Waals surface area contributed by atoms with Crippen molar-refractivity contribution in [3.8, 4) is 6.07 Å². The molecule has 1 aliphatic rings. The van der Waals surface area contributed by atoms with Gasteiger partial charge in [-0.15, -0.1) is 0 Å². The third kappa shape index (κ3) is 2.48. The first-order valence-corrected chi connectivity index (χ1v) is 6.52. The van der Waals surface area contributed by atoms with E-state index in [1.165, 1.54) is 0 Å². The molecule has 0 unspecified atom stereocenters. The second-order valence-corrected chi connectivity index (χ2v) is 5.95. The van der Waals surface area contributed by atoms with Gasteiger partial charge in [-0.25, -0.2) is 4.98 Å². The second kappa shape index (κ2) is 4.79. The summed E-state index contributed by atoms with van der Waals surface area (Å²) in [6.45, 7) is 7.94. The minimum atomic E-state index is -0.520. The number of rotatable bonds is 2. The van der Waals surface area contributed by atoms with Crippen LogP contribution in [0, 0.1) is 11.3 Å². The smallest absolute Gasteiger partial charge is 0.399 e. The summed E-state index contributed by atoms with van der Waals surface area (Å²) in [6.07, 6.45) is 1.79. The lowest BCUT2D eigenvalue weighted by Crippen LogP contribution is -2.41. The monoisotopic (exact) mass is 278 g/mol. The van der Waals surface area contributed by atoms with E-state index in [1.807, 2.05) is 27.7 Å². The predicted octanol–water partition coefficient (Wildman–Crippen LogP) is 2.10. The lowest BCUT2D eigenvalue weighted by molar-refractivity contribution is 0.00578. The van der Waals surface area contributed by atoms with Crippen molar-refractivity contribution in [2.45, 2.75) is 45.3 Å². The maximum absolute atomic E-state index is 8.90. The van der Waals surface area contributed by atoms with Gasteiger partial charge in [0.2, 0.25) is 0 Å². The zero-order valence-corrected chi connectivity index (χ0v) is 12.3. The molecule has 2 heterocycles. The Labute approximate surface area is 118 Å². The largest absolute Gasteiger partial charge is 0.495 e. The molecule has 0 amide bonds. The van der Waals surface area contributed by atoms with Crippen LogP contribution in [-0.2, 0) is 15.7 Å². The lowest BCUT2D eigenvalue weighted by atomic mass is 9.76. The van der Waals surface area contributed by atoms with Crippen molar-refractivity contribution in [3.63, 3.8) is 0 Å². The summed E-state index contributed by atoms with van der Waals surface area (Å²) in [5.74, 6) is 0. The Kier molecular flexibility index (Phi) is 3.61. The first kappa shape index (κ1) is 14.3. The number of hydrogen-bond donors (Lipinski definition) is 0. The molecule has 0 saturated carbocycles. The summed E-state index contributed by atoms with van der Waals surface area (Å²) in [7, 11) is -0.520. The van der Waals surface area contributed by atoms with Gasteiger partial charge in [-0.1, -0.05) is 11.6 Å². The van der Waals surface area contributed by atoms with E-state index < -0.39 is 18.3 Å². The Morgan fingerprint density at radius 3 is 2.42 bits per heavy atom. The molecule has 0 bridgehead atoms. The maximum atomic E-state index is 8.90. The van der Waals surface area contributed by atoms with Crippen molar-refractivity contribution in [2.75, 3.05) is 0 Å². The molecule has 0 aromatic carbocycles. The molecule has 0 radical (unpaired) electrons. The zero-order chi connectivity index (χ0) is 14.3. The van der Waals surface area contributed by atoms with Gasteiger partial charge in [-0.3, -0.25) is 0 Å². The Morgan fingerprint density at radius 1 is 1.32 bits per heavy atom. The van der Waals surface area contributed by atoms with Crippen LogP contribution < -0.4 is 5.46 Å². The molecule has 4 nitrogen and oxygen atoms in total. The van der Waals surface area contributed by atoms with E-state index in [-0.39, 0.29) is 6.42 Å². The van der Waals surface area contributed by atoms with E-state index in [9.17, 15) is 0 Å². The Bertz CT molecular complexity index is 524. The average molecular weight is 279 g/mol. The molecule has 1 aromatic heterocycles. The molecule has 100 valence electrons. The number of pyridine rings is 1. The van der Waals surface area contributed by atoms with Crippen molar-refractivity contribution in [3.05, 3.63) is 23.0 Å². The van der Waals surface area contributed by atoms with Crippen molar-refractivity contribution in [2.24, 2.45) is 0 Å². The summed E-state index contributed by atoms with van der Waals surface area (Å²) in [6, 6.07) is 3.89. The number of nitrogens with zero attached hydrogens (tertiary/aromatic N) is 2. The van der Waals surface area contributed by atoms with Crippen LogP contribution in [0.4, 0.5) is 0 Å². The van der Waals surface area contributed by atoms with Gasteiger partial charge < -0.3 is 9.31 Å². The van der Waals surface area contributed by atoms with Crippen LogP contribution in [0.5, 0.6) is 0 Å². The normalized spacial score (nSPS) is 20.3. The molecule has 1 fully saturated rings. The van der Waals surface area contributed by atoms with Gasteiger partial charge in [-0.2, -0.15) is 5.26 Å². The highest BCUT2D eigenvalue weighted by atomic mass is 35.5. The fourth-order valence-corrected chi connectivity index (χ4v) is 2.16. The topological polar surface area (TPSA) is 55.1 Å². The van der Waals surface area contributed by atoms with Crippen molar-refractivity contribution in [1.29, 1.82) is 5.26 Å². The molecule has 1 saturated heterocycles. The van der Waals surface area contributed by atoms with E-state index in [2.05, 4.69) is 11.1 Å². The molecular weight excluding hydrogens is 262 g/mol. The van der Waals surface area contributed by atoms with Crippen molar-refractivity contribution < 1.29 is 9.31 Å². The summed E-state index contributed by atoms with van der Waals surface area (Å²) in [4.78, 5) is 4.01. The number of nitriles is 1. The average Bonchev–Trinajstić information content (AvgIpc) is 2.51. The highest BCUT2D eigenvalue weighted by molar-refractivity contribution is 6.63. The van der Waals surface area contributed by atoms with Gasteiger partial charge in [0.1, 0.15) is 5.15 Å². The van der Waals surface area contributed by atoms with Gasteiger partial charge in [0.15, 0.2) is 0 Å². The first-order chi connectivity index (χ1) is 8.78. The van der Waals surface area contributed by atoms with Crippen LogP contribution >= 0.6 is 11.6 Å². The SMILES string of the molecule is CC1(C)OB(c2ccnc(Cl)c2CC#N)OC1(C)C. The van der Waals surface area contributed by atoms with Gasteiger partial charge in [-0.05, 0) is 39.2 Å². The molecule has 2 rings (SSSR count). The Hall–Kier alpha value is -1.09. The molecule has 0 N–H and O–H groups in total. The van der Waals surface area contributed by atoms with E-state index >= 15 is 0 Å². The Morgan fingerprint density at radius 2 is 1.89 bits per heavy atom. The molecule has 1 aromatic rings. The maximum Gasteiger partial charge on any atom is 0.495 e. The summed E-state index contributed by atoms with van der Waals surface area (Å²) >= 11 is 6.06. The molecular formula is C13H16BClN2O2. The van der Waals surface area contributed by atoms with E-state index in [1.54, 1.807) is 12.3 Å². The molecule has 19 heavy (non-hydrogen) atoms. The number of aromatic nitrogens is 1. The van der Waals surface area contributed by atoms with Crippen LogP contribution in [0.3, 0.4) is 0 Å². The van der Waals surface area contributed by atoms with Gasteiger partial charge >= 0.3 is 7.12 Å². The fraction of sp³-hybridized carbons (Fsp3) is 0.538. The van der Waals surface area contributed by atoms with Crippen LogP contribution in [0.15, 0.2) is 12.3 Å².